The molecule has 3 nitrogen and oxygen atoms in total. The fourth-order valence-corrected chi connectivity index (χ4v) is 4.22. The van der Waals surface area contributed by atoms with E-state index in [1.165, 1.54) is 16.5 Å². The van der Waals surface area contributed by atoms with Gasteiger partial charge in [0.25, 0.3) is 5.91 Å². The molecule has 1 aliphatic rings. The van der Waals surface area contributed by atoms with Crippen molar-refractivity contribution < 1.29 is 4.79 Å². The zero-order valence-electron chi connectivity index (χ0n) is 13.6. The lowest BCUT2D eigenvalue weighted by molar-refractivity contribution is 0.0713. The number of fused-ring (bicyclic) bond motifs is 1. The van der Waals surface area contributed by atoms with Gasteiger partial charge in [-0.2, -0.15) is 0 Å². The van der Waals surface area contributed by atoms with Gasteiger partial charge in [0.2, 0.25) is 0 Å². The van der Waals surface area contributed by atoms with Crippen molar-refractivity contribution in [3.63, 3.8) is 0 Å². The van der Waals surface area contributed by atoms with Crippen molar-refractivity contribution in [2.75, 3.05) is 13.1 Å². The Morgan fingerprint density at radius 2 is 1.92 bits per heavy atom. The van der Waals surface area contributed by atoms with E-state index in [2.05, 4.69) is 45.3 Å². The Hall–Kier alpha value is -1.78. The molecule has 0 aliphatic carbocycles. The molecule has 3 aromatic rings. The molecule has 0 spiro atoms. The van der Waals surface area contributed by atoms with Gasteiger partial charge in [-0.05, 0) is 48.6 Å². The topological polar surface area (TPSA) is 36.1 Å². The van der Waals surface area contributed by atoms with Gasteiger partial charge in [-0.1, -0.05) is 45.7 Å². The molecule has 0 bridgehead atoms. The molecule has 1 fully saturated rings. The van der Waals surface area contributed by atoms with Crippen molar-refractivity contribution in [1.29, 1.82) is 0 Å². The van der Waals surface area contributed by atoms with Crippen LogP contribution < -0.4 is 0 Å². The highest BCUT2D eigenvalue weighted by atomic mass is 79.9. The summed E-state index contributed by atoms with van der Waals surface area (Å²) in [5, 5.41) is 1.80. The number of carbonyl (C=O) groups excluding carboxylic acids is 1. The van der Waals surface area contributed by atoms with Gasteiger partial charge in [0, 0.05) is 34.7 Å². The van der Waals surface area contributed by atoms with E-state index in [9.17, 15) is 4.79 Å². The van der Waals surface area contributed by atoms with E-state index < -0.39 is 0 Å². The molecule has 0 atom stereocenters. The smallest absolute Gasteiger partial charge is 0.255 e. The third kappa shape index (κ3) is 3.21. The lowest BCUT2D eigenvalue weighted by Gasteiger charge is -2.32. The Balaban J connectivity index is 1.50. The fourth-order valence-electron chi connectivity index (χ4n) is 3.66. The summed E-state index contributed by atoms with van der Waals surface area (Å²) in [5.41, 5.74) is 3.11. The van der Waals surface area contributed by atoms with Crippen LogP contribution in [0.5, 0.6) is 0 Å². The van der Waals surface area contributed by atoms with E-state index in [4.69, 9.17) is 11.6 Å². The van der Waals surface area contributed by atoms with E-state index in [1.54, 1.807) is 12.1 Å². The van der Waals surface area contributed by atoms with Crippen LogP contribution in [0.2, 0.25) is 5.02 Å². The summed E-state index contributed by atoms with van der Waals surface area (Å²) in [6, 6.07) is 13.8. The number of aromatic nitrogens is 1. The van der Waals surface area contributed by atoms with Gasteiger partial charge < -0.3 is 9.88 Å². The largest absolute Gasteiger partial charge is 0.361 e. The summed E-state index contributed by atoms with van der Waals surface area (Å²) in [5.74, 6) is 0.502. The van der Waals surface area contributed by atoms with Crippen molar-refractivity contribution in [3.05, 3.63) is 69.3 Å². The Kier molecular flexibility index (Phi) is 4.57. The molecule has 0 saturated carbocycles. The minimum atomic E-state index is 0.0173. The highest BCUT2D eigenvalue weighted by Crippen LogP contribution is 2.34. The molecule has 1 aromatic heterocycles. The molecule has 128 valence electrons. The number of likely N-dealkylation sites (tertiary alicyclic amines) is 1. The van der Waals surface area contributed by atoms with Crippen molar-refractivity contribution in [2.24, 2.45) is 0 Å². The fraction of sp³-hybridized carbons (Fsp3) is 0.250. The van der Waals surface area contributed by atoms with Gasteiger partial charge in [-0.15, -0.1) is 0 Å². The number of H-pyrrole nitrogens is 1. The monoisotopic (exact) mass is 416 g/mol. The highest BCUT2D eigenvalue weighted by molar-refractivity contribution is 9.10. The number of hydrogen-bond donors (Lipinski definition) is 1. The van der Waals surface area contributed by atoms with Gasteiger partial charge in [0.15, 0.2) is 0 Å². The molecule has 1 amide bonds. The van der Waals surface area contributed by atoms with Crippen LogP contribution in [0.3, 0.4) is 0 Å². The Morgan fingerprint density at radius 1 is 1.16 bits per heavy atom. The SMILES string of the molecule is O=C(c1cc(Br)ccc1Cl)N1CCC(c2c[nH]c3ccccc23)CC1. The minimum Gasteiger partial charge on any atom is -0.361 e. The average molecular weight is 418 g/mol. The summed E-state index contributed by atoms with van der Waals surface area (Å²) < 4.78 is 0.869. The molecule has 1 N–H and O–H groups in total. The van der Waals surface area contributed by atoms with E-state index in [0.717, 1.165) is 30.4 Å². The first-order valence-electron chi connectivity index (χ1n) is 8.44. The van der Waals surface area contributed by atoms with Crippen LogP contribution in [0.1, 0.15) is 34.7 Å². The molecular weight excluding hydrogens is 400 g/mol. The number of rotatable bonds is 2. The first-order chi connectivity index (χ1) is 12.1. The molecule has 1 aliphatic heterocycles. The van der Waals surface area contributed by atoms with E-state index in [0.29, 0.717) is 16.5 Å². The first kappa shape index (κ1) is 16.7. The zero-order valence-corrected chi connectivity index (χ0v) is 16.0. The maximum absolute atomic E-state index is 12.8. The van der Waals surface area contributed by atoms with Crippen molar-refractivity contribution in [2.45, 2.75) is 18.8 Å². The van der Waals surface area contributed by atoms with Crippen molar-refractivity contribution in [3.8, 4) is 0 Å². The molecule has 2 heterocycles. The highest BCUT2D eigenvalue weighted by Gasteiger charge is 2.27. The van der Waals surface area contributed by atoms with Crippen LogP contribution in [0, 0.1) is 0 Å². The van der Waals surface area contributed by atoms with Gasteiger partial charge in [0.05, 0.1) is 10.6 Å². The molecule has 0 radical (unpaired) electrons. The summed E-state index contributed by atoms with van der Waals surface area (Å²) in [4.78, 5) is 18.1. The third-order valence-corrected chi connectivity index (χ3v) is 5.82. The lowest BCUT2D eigenvalue weighted by Crippen LogP contribution is -2.38. The van der Waals surface area contributed by atoms with Gasteiger partial charge in [-0.25, -0.2) is 0 Å². The minimum absolute atomic E-state index is 0.0173. The second kappa shape index (κ2) is 6.85. The predicted octanol–water partition coefficient (Wildman–Crippen LogP) is 5.60. The Labute approximate surface area is 160 Å². The number of nitrogens with one attached hydrogen (secondary N) is 1. The summed E-state index contributed by atoms with van der Waals surface area (Å²) in [6.45, 7) is 1.51. The lowest BCUT2D eigenvalue weighted by atomic mass is 9.89. The zero-order chi connectivity index (χ0) is 17.4. The maximum Gasteiger partial charge on any atom is 0.255 e. The second-order valence-electron chi connectivity index (χ2n) is 6.48. The number of nitrogens with zero attached hydrogens (tertiary/aromatic N) is 1. The van der Waals surface area contributed by atoms with Crippen LogP contribution in [0.4, 0.5) is 0 Å². The van der Waals surface area contributed by atoms with Crippen molar-refractivity contribution in [1.82, 2.24) is 9.88 Å². The molecular formula is C20H18BrClN2O. The average Bonchev–Trinajstić information content (AvgIpc) is 3.07. The van der Waals surface area contributed by atoms with Crippen LogP contribution in [-0.2, 0) is 0 Å². The van der Waals surface area contributed by atoms with Crippen molar-refractivity contribution >= 4 is 44.3 Å². The van der Waals surface area contributed by atoms with E-state index in [-0.39, 0.29) is 5.91 Å². The van der Waals surface area contributed by atoms with Crippen LogP contribution in [0.25, 0.3) is 10.9 Å². The molecule has 25 heavy (non-hydrogen) atoms. The van der Waals surface area contributed by atoms with Crippen LogP contribution in [-0.4, -0.2) is 28.9 Å². The van der Waals surface area contributed by atoms with Gasteiger partial charge in [0.1, 0.15) is 0 Å². The quantitative estimate of drug-likeness (QED) is 0.578. The number of aromatic amines is 1. The standard InChI is InChI=1S/C20H18BrClN2O/c21-14-5-6-18(22)16(11-14)20(25)24-9-7-13(8-10-24)17-12-23-19-4-2-1-3-15(17)19/h1-6,11-13,23H,7-10H2. The maximum atomic E-state index is 12.8. The normalized spacial score (nSPS) is 15.7. The van der Waals surface area contributed by atoms with Gasteiger partial charge in [-0.3, -0.25) is 4.79 Å². The van der Waals surface area contributed by atoms with Crippen LogP contribution >= 0.6 is 27.5 Å². The molecule has 1 saturated heterocycles. The second-order valence-corrected chi connectivity index (χ2v) is 7.80. The Bertz CT molecular complexity index is 928. The number of carbonyl (C=O) groups is 1. The number of piperidine rings is 1. The number of amides is 1. The Morgan fingerprint density at radius 3 is 2.72 bits per heavy atom. The summed E-state index contributed by atoms with van der Waals surface area (Å²) in [6.07, 6.45) is 4.07. The van der Waals surface area contributed by atoms with Gasteiger partial charge >= 0.3 is 0 Å². The number of hydrogen-bond acceptors (Lipinski definition) is 1. The summed E-state index contributed by atoms with van der Waals surface area (Å²) >= 11 is 9.63. The van der Waals surface area contributed by atoms with E-state index >= 15 is 0 Å². The molecule has 0 unspecified atom stereocenters. The molecule has 2 aromatic carbocycles. The predicted molar refractivity (Wildman–Crippen MR) is 105 cm³/mol. The molecule has 4 rings (SSSR count). The first-order valence-corrected chi connectivity index (χ1v) is 9.61. The number of para-hydroxylation sites is 1. The van der Waals surface area contributed by atoms with E-state index in [1.807, 2.05) is 17.0 Å². The third-order valence-electron chi connectivity index (χ3n) is 5.00. The number of halogens is 2. The molecule has 5 heteroatoms. The number of benzene rings is 2. The summed E-state index contributed by atoms with van der Waals surface area (Å²) in [7, 11) is 0. The van der Waals surface area contributed by atoms with Crippen LogP contribution in [0.15, 0.2) is 53.1 Å².